The topological polar surface area (TPSA) is 44.1 Å². The molecule has 0 amide bonds. The van der Waals surface area contributed by atoms with Crippen molar-refractivity contribution in [3.05, 3.63) is 60.9 Å². The van der Waals surface area contributed by atoms with Crippen LogP contribution in [0.15, 0.2) is 55.4 Å². The normalized spacial score (nSPS) is 9.88. The van der Waals surface area contributed by atoms with Gasteiger partial charge in [-0.3, -0.25) is 0 Å². The van der Waals surface area contributed by atoms with Crippen molar-refractivity contribution in [2.24, 2.45) is 0 Å². The molecule has 0 bridgehead atoms. The third kappa shape index (κ3) is 2.60. The van der Waals surface area contributed by atoms with E-state index in [9.17, 15) is 4.79 Å². The molecule has 1 aromatic heterocycles. The summed E-state index contributed by atoms with van der Waals surface area (Å²) < 4.78 is 6.55. The molecule has 0 unspecified atom stereocenters. The van der Waals surface area contributed by atoms with Gasteiger partial charge in [0.1, 0.15) is 6.61 Å². The van der Waals surface area contributed by atoms with Crippen molar-refractivity contribution in [1.29, 1.82) is 0 Å². The smallest absolute Gasteiger partial charge is 0.341 e. The van der Waals surface area contributed by atoms with Crippen LogP contribution in [0.5, 0.6) is 0 Å². The first kappa shape index (κ1) is 11.1. The number of para-hydroxylation sites is 1. The lowest BCUT2D eigenvalue weighted by molar-refractivity contribution is 0.0549. The van der Waals surface area contributed by atoms with Gasteiger partial charge in [-0.05, 0) is 12.1 Å². The van der Waals surface area contributed by atoms with Crippen LogP contribution in [-0.4, -0.2) is 22.4 Å². The standard InChI is InChI=1S/C13H12N2O2/c1-2-8-17-13(16)11-9-14-15(10-11)12-6-4-3-5-7-12/h2-7,9-10H,1,8H2. The van der Waals surface area contributed by atoms with Gasteiger partial charge in [-0.25, -0.2) is 9.48 Å². The van der Waals surface area contributed by atoms with Crippen LogP contribution in [0.4, 0.5) is 0 Å². The van der Waals surface area contributed by atoms with Crippen molar-refractivity contribution >= 4 is 5.97 Å². The molecule has 0 N–H and O–H groups in total. The Hall–Kier alpha value is -2.36. The van der Waals surface area contributed by atoms with E-state index >= 15 is 0 Å². The lowest BCUT2D eigenvalue weighted by Crippen LogP contribution is -2.03. The number of nitrogens with zero attached hydrogens (tertiary/aromatic N) is 2. The van der Waals surface area contributed by atoms with Crippen LogP contribution in [0.1, 0.15) is 10.4 Å². The highest BCUT2D eigenvalue weighted by Crippen LogP contribution is 2.08. The molecule has 0 aliphatic heterocycles. The van der Waals surface area contributed by atoms with Gasteiger partial charge in [-0.2, -0.15) is 5.10 Å². The summed E-state index contributed by atoms with van der Waals surface area (Å²) in [6.45, 7) is 3.68. The van der Waals surface area contributed by atoms with E-state index in [0.29, 0.717) is 5.56 Å². The van der Waals surface area contributed by atoms with Crippen LogP contribution in [0.25, 0.3) is 5.69 Å². The van der Waals surface area contributed by atoms with Crippen LogP contribution < -0.4 is 0 Å². The lowest BCUT2D eigenvalue weighted by atomic mass is 10.3. The molecule has 0 radical (unpaired) electrons. The monoisotopic (exact) mass is 228 g/mol. The third-order valence-corrected chi connectivity index (χ3v) is 2.17. The van der Waals surface area contributed by atoms with E-state index in [2.05, 4.69) is 11.7 Å². The highest BCUT2D eigenvalue weighted by Gasteiger charge is 2.09. The average Bonchev–Trinajstić information content (AvgIpc) is 2.86. The zero-order valence-corrected chi connectivity index (χ0v) is 9.24. The fourth-order valence-corrected chi connectivity index (χ4v) is 1.37. The highest BCUT2D eigenvalue weighted by atomic mass is 16.5. The predicted molar refractivity (Wildman–Crippen MR) is 64.0 cm³/mol. The van der Waals surface area contributed by atoms with E-state index in [-0.39, 0.29) is 6.61 Å². The number of ether oxygens (including phenoxy) is 1. The Morgan fingerprint density at radius 1 is 1.41 bits per heavy atom. The molecule has 2 aromatic rings. The number of hydrogen-bond acceptors (Lipinski definition) is 3. The Morgan fingerprint density at radius 3 is 2.88 bits per heavy atom. The average molecular weight is 228 g/mol. The van der Waals surface area contributed by atoms with Gasteiger partial charge < -0.3 is 4.74 Å². The molecule has 4 heteroatoms. The zero-order valence-electron chi connectivity index (χ0n) is 9.24. The molecule has 1 heterocycles. The van der Waals surface area contributed by atoms with Crippen LogP contribution in [-0.2, 0) is 4.74 Å². The number of rotatable bonds is 4. The van der Waals surface area contributed by atoms with Gasteiger partial charge in [-0.1, -0.05) is 30.9 Å². The van der Waals surface area contributed by atoms with Crippen molar-refractivity contribution in [2.75, 3.05) is 6.61 Å². The molecular weight excluding hydrogens is 216 g/mol. The van der Waals surface area contributed by atoms with Gasteiger partial charge in [0.15, 0.2) is 0 Å². The van der Waals surface area contributed by atoms with Crippen LogP contribution >= 0.6 is 0 Å². The molecule has 0 aliphatic rings. The number of carbonyl (C=O) groups excluding carboxylic acids is 1. The quantitative estimate of drug-likeness (QED) is 0.595. The maximum Gasteiger partial charge on any atom is 0.341 e. The molecule has 17 heavy (non-hydrogen) atoms. The molecule has 0 saturated carbocycles. The second-order valence-corrected chi connectivity index (χ2v) is 3.40. The van der Waals surface area contributed by atoms with Crippen LogP contribution in [0.2, 0.25) is 0 Å². The van der Waals surface area contributed by atoms with Gasteiger partial charge in [0, 0.05) is 6.20 Å². The molecule has 2 rings (SSSR count). The molecule has 0 atom stereocenters. The summed E-state index contributed by atoms with van der Waals surface area (Å²) in [7, 11) is 0. The van der Waals surface area contributed by atoms with Gasteiger partial charge >= 0.3 is 5.97 Å². The Bertz CT molecular complexity index is 517. The Balaban J connectivity index is 2.16. The second kappa shape index (κ2) is 5.12. The maximum absolute atomic E-state index is 11.5. The number of esters is 1. The summed E-state index contributed by atoms with van der Waals surface area (Å²) in [6.07, 6.45) is 4.65. The summed E-state index contributed by atoms with van der Waals surface area (Å²) >= 11 is 0. The molecule has 0 fully saturated rings. The third-order valence-electron chi connectivity index (χ3n) is 2.17. The molecular formula is C13H12N2O2. The first-order chi connectivity index (χ1) is 8.31. The lowest BCUT2D eigenvalue weighted by Gasteiger charge is -1.99. The number of benzene rings is 1. The largest absolute Gasteiger partial charge is 0.458 e. The van der Waals surface area contributed by atoms with Crippen molar-refractivity contribution in [3.8, 4) is 5.69 Å². The van der Waals surface area contributed by atoms with Gasteiger partial charge in [0.2, 0.25) is 0 Å². The van der Waals surface area contributed by atoms with Gasteiger partial charge in [0.25, 0.3) is 0 Å². The van der Waals surface area contributed by atoms with Crippen LogP contribution in [0.3, 0.4) is 0 Å². The molecule has 4 nitrogen and oxygen atoms in total. The highest BCUT2D eigenvalue weighted by molar-refractivity contribution is 5.88. The van der Waals surface area contributed by atoms with Gasteiger partial charge in [-0.15, -0.1) is 0 Å². The summed E-state index contributed by atoms with van der Waals surface area (Å²) in [5, 5.41) is 4.11. The Kier molecular flexibility index (Phi) is 3.35. The summed E-state index contributed by atoms with van der Waals surface area (Å²) in [5.41, 5.74) is 1.32. The van der Waals surface area contributed by atoms with Crippen molar-refractivity contribution < 1.29 is 9.53 Å². The minimum atomic E-state index is -0.396. The molecule has 86 valence electrons. The number of hydrogen-bond donors (Lipinski definition) is 0. The molecule has 1 aromatic carbocycles. The second-order valence-electron chi connectivity index (χ2n) is 3.40. The first-order valence-electron chi connectivity index (χ1n) is 5.19. The fraction of sp³-hybridized carbons (Fsp3) is 0.0769. The molecule has 0 spiro atoms. The zero-order chi connectivity index (χ0) is 12.1. The first-order valence-corrected chi connectivity index (χ1v) is 5.19. The Labute approximate surface area is 99.1 Å². The van der Waals surface area contributed by atoms with E-state index in [1.54, 1.807) is 10.9 Å². The van der Waals surface area contributed by atoms with Crippen molar-refractivity contribution in [3.63, 3.8) is 0 Å². The fourth-order valence-electron chi connectivity index (χ4n) is 1.37. The summed E-state index contributed by atoms with van der Waals surface area (Å²) in [4.78, 5) is 11.5. The number of carbonyl (C=O) groups is 1. The number of aromatic nitrogens is 2. The summed E-state index contributed by atoms with van der Waals surface area (Å²) in [6, 6.07) is 9.56. The SMILES string of the molecule is C=CCOC(=O)c1cnn(-c2ccccc2)c1. The van der Waals surface area contributed by atoms with E-state index in [0.717, 1.165) is 5.69 Å². The molecule has 0 saturated heterocycles. The van der Waals surface area contributed by atoms with E-state index < -0.39 is 5.97 Å². The minimum absolute atomic E-state index is 0.204. The predicted octanol–water partition coefficient (Wildman–Crippen LogP) is 2.22. The van der Waals surface area contributed by atoms with E-state index in [4.69, 9.17) is 4.74 Å². The van der Waals surface area contributed by atoms with Crippen molar-refractivity contribution in [1.82, 2.24) is 9.78 Å². The summed E-state index contributed by atoms with van der Waals surface area (Å²) in [5.74, 6) is -0.396. The molecule has 0 aliphatic carbocycles. The van der Waals surface area contributed by atoms with E-state index in [1.165, 1.54) is 12.3 Å². The van der Waals surface area contributed by atoms with Crippen LogP contribution in [0, 0.1) is 0 Å². The Morgan fingerprint density at radius 2 is 2.18 bits per heavy atom. The van der Waals surface area contributed by atoms with Crippen molar-refractivity contribution in [2.45, 2.75) is 0 Å². The van der Waals surface area contributed by atoms with E-state index in [1.807, 2.05) is 30.3 Å². The van der Waals surface area contributed by atoms with Gasteiger partial charge in [0.05, 0.1) is 17.4 Å². The maximum atomic E-state index is 11.5. The minimum Gasteiger partial charge on any atom is -0.458 e.